The largest absolute Gasteiger partial charge is 0.452 e. The van der Waals surface area contributed by atoms with Crippen molar-refractivity contribution in [3.63, 3.8) is 0 Å². The number of oxazole rings is 1. The predicted octanol–water partition coefficient (Wildman–Crippen LogP) is 5.50. The van der Waals surface area contributed by atoms with Gasteiger partial charge >= 0.3 is 6.18 Å². The summed E-state index contributed by atoms with van der Waals surface area (Å²) in [6.45, 7) is 1.92. The fourth-order valence-corrected chi connectivity index (χ4v) is 3.55. The molecule has 1 fully saturated rings. The molecule has 2 aromatic carbocycles. The number of aromatic nitrogens is 1. The topological polar surface area (TPSA) is 67.2 Å². The molecule has 0 spiro atoms. The molecular formula is C22H21ClF3N3O2. The van der Waals surface area contributed by atoms with E-state index in [9.17, 15) is 18.0 Å². The zero-order valence-corrected chi connectivity index (χ0v) is 17.2. The molecule has 0 atom stereocenters. The van der Waals surface area contributed by atoms with Crippen molar-refractivity contribution >= 4 is 24.0 Å². The van der Waals surface area contributed by atoms with Crippen molar-refractivity contribution in [1.29, 1.82) is 0 Å². The average Bonchev–Trinajstić information content (AvgIpc) is 3.22. The Balaban J connectivity index is 0.00000272. The molecule has 4 rings (SSSR count). The van der Waals surface area contributed by atoms with Crippen LogP contribution in [-0.2, 0) is 6.18 Å². The van der Waals surface area contributed by atoms with Crippen molar-refractivity contribution in [3.05, 3.63) is 71.6 Å². The number of amides is 1. The summed E-state index contributed by atoms with van der Waals surface area (Å²) in [5.41, 5.74) is 1.12. The Kier molecular flexibility index (Phi) is 7.02. The molecule has 0 bridgehead atoms. The van der Waals surface area contributed by atoms with Crippen LogP contribution in [0, 0.1) is 0 Å². The first-order valence-corrected chi connectivity index (χ1v) is 9.67. The third-order valence-corrected chi connectivity index (χ3v) is 5.10. The number of carbonyl (C=O) groups is 1. The van der Waals surface area contributed by atoms with Gasteiger partial charge in [-0.05, 0) is 61.7 Å². The van der Waals surface area contributed by atoms with Crippen LogP contribution in [0.3, 0.4) is 0 Å². The Morgan fingerprint density at radius 3 is 2.29 bits per heavy atom. The molecular weight excluding hydrogens is 431 g/mol. The van der Waals surface area contributed by atoms with Crippen LogP contribution >= 0.6 is 12.4 Å². The number of hydrogen-bond acceptors (Lipinski definition) is 4. The quantitative estimate of drug-likeness (QED) is 0.549. The second kappa shape index (κ2) is 9.53. The number of carbonyl (C=O) groups excluding carboxylic acids is 1. The summed E-state index contributed by atoms with van der Waals surface area (Å²) in [4.78, 5) is 16.4. The zero-order chi connectivity index (χ0) is 21.1. The smallest absolute Gasteiger partial charge is 0.431 e. The molecule has 31 heavy (non-hydrogen) atoms. The van der Waals surface area contributed by atoms with Crippen LogP contribution in [0.15, 0.2) is 59.0 Å². The number of anilines is 1. The minimum Gasteiger partial charge on any atom is -0.431 e. The molecule has 1 aliphatic heterocycles. The highest BCUT2D eigenvalue weighted by atomic mass is 35.5. The highest BCUT2D eigenvalue weighted by Gasteiger charge is 2.42. The van der Waals surface area contributed by atoms with E-state index in [1.54, 1.807) is 42.5 Å². The van der Waals surface area contributed by atoms with E-state index in [-0.39, 0.29) is 18.3 Å². The number of benzene rings is 2. The lowest BCUT2D eigenvalue weighted by Crippen LogP contribution is -2.26. The van der Waals surface area contributed by atoms with Crippen molar-refractivity contribution in [2.24, 2.45) is 0 Å². The zero-order valence-electron chi connectivity index (χ0n) is 16.4. The van der Waals surface area contributed by atoms with Gasteiger partial charge in [-0.25, -0.2) is 4.98 Å². The molecule has 0 unspecified atom stereocenters. The Hall–Kier alpha value is -2.84. The number of rotatable bonds is 4. The Bertz CT molecular complexity index is 1010. The second-order valence-electron chi connectivity index (χ2n) is 7.16. The molecule has 5 nitrogen and oxygen atoms in total. The van der Waals surface area contributed by atoms with Crippen molar-refractivity contribution < 1.29 is 22.4 Å². The minimum absolute atomic E-state index is 0. The molecule has 1 saturated heterocycles. The van der Waals surface area contributed by atoms with Gasteiger partial charge < -0.3 is 15.1 Å². The molecule has 2 heterocycles. The van der Waals surface area contributed by atoms with Crippen LogP contribution in [0.4, 0.5) is 18.9 Å². The maximum absolute atomic E-state index is 13.4. The first kappa shape index (κ1) is 22.8. The predicted molar refractivity (Wildman–Crippen MR) is 113 cm³/mol. The van der Waals surface area contributed by atoms with Gasteiger partial charge in [-0.3, -0.25) is 4.79 Å². The summed E-state index contributed by atoms with van der Waals surface area (Å²) >= 11 is 0. The normalized spacial score (nSPS) is 14.7. The number of hydrogen-bond donors (Lipinski definition) is 2. The van der Waals surface area contributed by atoms with Gasteiger partial charge in [-0.1, -0.05) is 30.3 Å². The lowest BCUT2D eigenvalue weighted by atomic mass is 9.90. The molecule has 0 aliphatic carbocycles. The summed E-state index contributed by atoms with van der Waals surface area (Å²) in [7, 11) is 0. The van der Waals surface area contributed by atoms with Crippen LogP contribution in [0.5, 0.6) is 0 Å². The maximum Gasteiger partial charge on any atom is 0.452 e. The first-order chi connectivity index (χ1) is 14.4. The summed E-state index contributed by atoms with van der Waals surface area (Å²) in [6, 6.07) is 15.3. The van der Waals surface area contributed by atoms with Crippen molar-refractivity contribution in [3.8, 4) is 11.5 Å². The molecule has 164 valence electrons. The lowest BCUT2D eigenvalue weighted by molar-refractivity contribution is -0.153. The van der Waals surface area contributed by atoms with Crippen LogP contribution in [0.2, 0.25) is 0 Å². The molecule has 2 N–H and O–H groups in total. The molecule has 0 radical (unpaired) electrons. The summed E-state index contributed by atoms with van der Waals surface area (Å²) in [5.74, 6) is -2.20. The van der Waals surface area contributed by atoms with Gasteiger partial charge in [0.15, 0.2) is 5.69 Å². The van der Waals surface area contributed by atoms with E-state index in [1.807, 2.05) is 12.1 Å². The number of alkyl halides is 3. The van der Waals surface area contributed by atoms with Crippen molar-refractivity contribution in [2.45, 2.75) is 24.9 Å². The van der Waals surface area contributed by atoms with Crippen LogP contribution in [0.1, 0.15) is 40.6 Å². The number of nitrogens with one attached hydrogen (secondary N) is 2. The fourth-order valence-electron chi connectivity index (χ4n) is 3.55. The molecule has 9 heteroatoms. The van der Waals surface area contributed by atoms with Crippen LogP contribution in [-0.4, -0.2) is 24.0 Å². The molecule has 1 amide bonds. The fraction of sp³-hybridized carbons (Fsp3) is 0.273. The SMILES string of the molecule is Cl.O=C(Nc1ccc(C2CCNCC2)cc1)c1nc(-c2ccccc2)oc1C(F)(F)F. The van der Waals surface area contributed by atoms with Crippen LogP contribution in [0.25, 0.3) is 11.5 Å². The van der Waals surface area contributed by atoms with E-state index in [0.29, 0.717) is 17.2 Å². The van der Waals surface area contributed by atoms with Gasteiger partial charge in [0, 0.05) is 11.3 Å². The highest BCUT2D eigenvalue weighted by molar-refractivity contribution is 6.04. The third-order valence-electron chi connectivity index (χ3n) is 5.10. The third kappa shape index (κ3) is 5.26. The highest BCUT2D eigenvalue weighted by Crippen LogP contribution is 2.35. The van der Waals surface area contributed by atoms with Gasteiger partial charge in [0.1, 0.15) is 0 Å². The van der Waals surface area contributed by atoms with Gasteiger partial charge in [0.05, 0.1) is 0 Å². The van der Waals surface area contributed by atoms with Crippen LogP contribution < -0.4 is 10.6 Å². The lowest BCUT2D eigenvalue weighted by Gasteiger charge is -2.23. The Morgan fingerprint density at radius 2 is 1.68 bits per heavy atom. The summed E-state index contributed by atoms with van der Waals surface area (Å²) in [5, 5.41) is 5.80. The van der Waals surface area contributed by atoms with Gasteiger partial charge in [-0.15, -0.1) is 12.4 Å². The van der Waals surface area contributed by atoms with E-state index in [0.717, 1.165) is 31.5 Å². The van der Waals surface area contributed by atoms with E-state index >= 15 is 0 Å². The molecule has 1 aromatic heterocycles. The molecule has 3 aromatic rings. The number of piperidine rings is 1. The summed E-state index contributed by atoms with van der Waals surface area (Å²) < 4.78 is 45.2. The Labute approximate surface area is 183 Å². The molecule has 0 saturated carbocycles. The van der Waals surface area contributed by atoms with Gasteiger partial charge in [-0.2, -0.15) is 13.2 Å². The molecule has 1 aliphatic rings. The van der Waals surface area contributed by atoms with E-state index in [1.165, 1.54) is 0 Å². The standard InChI is InChI=1S/C22H20F3N3O2.ClH/c23-22(24,25)19-18(28-21(30-19)16-4-2-1-3-5-16)20(29)27-17-8-6-14(7-9-17)15-10-12-26-13-11-15;/h1-9,15,26H,10-13H2,(H,27,29);1H. The minimum atomic E-state index is -4.84. The summed E-state index contributed by atoms with van der Waals surface area (Å²) in [6.07, 6.45) is -2.78. The van der Waals surface area contributed by atoms with Crippen molar-refractivity contribution in [1.82, 2.24) is 10.3 Å². The number of nitrogens with zero attached hydrogens (tertiary/aromatic N) is 1. The van der Waals surface area contributed by atoms with E-state index < -0.39 is 23.5 Å². The average molecular weight is 452 g/mol. The second-order valence-corrected chi connectivity index (χ2v) is 7.16. The van der Waals surface area contributed by atoms with Gasteiger partial charge in [0.2, 0.25) is 11.7 Å². The monoisotopic (exact) mass is 451 g/mol. The first-order valence-electron chi connectivity index (χ1n) is 9.67. The van der Waals surface area contributed by atoms with Crippen molar-refractivity contribution in [2.75, 3.05) is 18.4 Å². The van der Waals surface area contributed by atoms with E-state index in [4.69, 9.17) is 4.42 Å². The maximum atomic E-state index is 13.4. The number of halogens is 4. The Morgan fingerprint density at radius 1 is 1.03 bits per heavy atom. The van der Waals surface area contributed by atoms with E-state index in [2.05, 4.69) is 15.6 Å². The van der Waals surface area contributed by atoms with Gasteiger partial charge in [0.25, 0.3) is 5.91 Å².